The summed E-state index contributed by atoms with van der Waals surface area (Å²) in [5.74, 6) is 0.808. The highest BCUT2D eigenvalue weighted by atomic mass is 16.5. The van der Waals surface area contributed by atoms with Crippen molar-refractivity contribution in [3.8, 4) is 5.75 Å². The highest BCUT2D eigenvalue weighted by molar-refractivity contribution is 5.83. The summed E-state index contributed by atoms with van der Waals surface area (Å²) >= 11 is 0. The first kappa shape index (κ1) is 15.2. The van der Waals surface area contributed by atoms with Crippen molar-refractivity contribution in [3.63, 3.8) is 0 Å². The van der Waals surface area contributed by atoms with Crippen LogP contribution in [0.3, 0.4) is 0 Å². The van der Waals surface area contributed by atoms with Crippen molar-refractivity contribution in [3.05, 3.63) is 29.3 Å². The number of benzene rings is 1. The lowest BCUT2D eigenvalue weighted by Gasteiger charge is -2.10. The van der Waals surface area contributed by atoms with Gasteiger partial charge in [0.15, 0.2) is 0 Å². The Labute approximate surface area is 114 Å². The van der Waals surface area contributed by atoms with Crippen LogP contribution in [0.2, 0.25) is 0 Å². The molecule has 1 aromatic carbocycles. The number of nitrogens with one attached hydrogen (secondary N) is 1. The Morgan fingerprint density at radius 1 is 1.26 bits per heavy atom. The molecule has 0 saturated carbocycles. The number of Topliss-reactive ketones (excluding diaryl/α,β-unsaturated/α-hetero) is 1. The van der Waals surface area contributed by atoms with Gasteiger partial charge in [0.1, 0.15) is 11.5 Å². The number of rotatable bonds is 7. The molecule has 19 heavy (non-hydrogen) atoms. The van der Waals surface area contributed by atoms with Crippen LogP contribution in [-0.4, -0.2) is 18.3 Å². The zero-order valence-corrected chi connectivity index (χ0v) is 11.8. The van der Waals surface area contributed by atoms with Crippen LogP contribution >= 0.6 is 0 Å². The van der Waals surface area contributed by atoms with Crippen molar-refractivity contribution in [1.29, 1.82) is 0 Å². The van der Waals surface area contributed by atoms with Crippen LogP contribution in [0.4, 0.5) is 0 Å². The normalized spacial score (nSPS) is 10.1. The molecule has 0 unspecified atom stereocenters. The molecule has 4 nitrogen and oxygen atoms in total. The van der Waals surface area contributed by atoms with E-state index in [-0.39, 0.29) is 18.1 Å². The van der Waals surface area contributed by atoms with Gasteiger partial charge in [-0.25, -0.2) is 0 Å². The molecule has 0 atom stereocenters. The second kappa shape index (κ2) is 7.56. The molecule has 0 bridgehead atoms. The van der Waals surface area contributed by atoms with Crippen molar-refractivity contribution in [1.82, 2.24) is 5.32 Å². The first-order valence-corrected chi connectivity index (χ1v) is 6.51. The van der Waals surface area contributed by atoms with Gasteiger partial charge in [0.25, 0.3) is 0 Å². The maximum Gasteiger partial charge on any atom is 0.220 e. The molecule has 0 radical (unpaired) electrons. The van der Waals surface area contributed by atoms with Gasteiger partial charge in [-0.2, -0.15) is 0 Å². The summed E-state index contributed by atoms with van der Waals surface area (Å²) < 4.78 is 5.46. The lowest BCUT2D eigenvalue weighted by Crippen LogP contribution is -2.23. The van der Waals surface area contributed by atoms with E-state index in [0.717, 1.165) is 16.9 Å². The molecule has 0 aromatic heterocycles. The fraction of sp³-hybridized carbons (Fsp3) is 0.467. The predicted molar refractivity (Wildman–Crippen MR) is 74.1 cm³/mol. The van der Waals surface area contributed by atoms with Gasteiger partial charge >= 0.3 is 0 Å². The van der Waals surface area contributed by atoms with E-state index in [1.165, 1.54) is 6.92 Å². The number of carbonyl (C=O) groups is 2. The molecule has 1 amide bonds. The topological polar surface area (TPSA) is 55.4 Å². The Kier molecular flexibility index (Phi) is 6.06. The molecule has 0 saturated heterocycles. The fourth-order valence-corrected chi connectivity index (χ4v) is 1.72. The molecule has 1 N–H and O–H groups in total. The van der Waals surface area contributed by atoms with Crippen molar-refractivity contribution in [2.75, 3.05) is 6.61 Å². The SMILES string of the molecule is CCOc1ccc(CNC(=O)CCC(C)=O)cc1C. The van der Waals surface area contributed by atoms with E-state index in [2.05, 4.69) is 5.32 Å². The van der Waals surface area contributed by atoms with Gasteiger partial charge in [-0.1, -0.05) is 12.1 Å². The first-order chi connectivity index (χ1) is 9.02. The number of hydrogen-bond donors (Lipinski definition) is 1. The van der Waals surface area contributed by atoms with Crippen LogP contribution in [0.5, 0.6) is 5.75 Å². The first-order valence-electron chi connectivity index (χ1n) is 6.51. The largest absolute Gasteiger partial charge is 0.494 e. The molecule has 0 aliphatic heterocycles. The molecule has 4 heteroatoms. The van der Waals surface area contributed by atoms with Crippen LogP contribution in [0.15, 0.2) is 18.2 Å². The number of ketones is 1. The maximum absolute atomic E-state index is 11.5. The number of hydrogen-bond acceptors (Lipinski definition) is 3. The van der Waals surface area contributed by atoms with Gasteiger partial charge in [0, 0.05) is 19.4 Å². The Morgan fingerprint density at radius 3 is 2.58 bits per heavy atom. The molecule has 0 aliphatic carbocycles. The average molecular weight is 263 g/mol. The molecule has 0 spiro atoms. The summed E-state index contributed by atoms with van der Waals surface area (Å²) in [6, 6.07) is 5.84. The number of amides is 1. The van der Waals surface area contributed by atoms with E-state index in [1.807, 2.05) is 32.0 Å². The summed E-state index contributed by atoms with van der Waals surface area (Å²) in [4.78, 5) is 22.3. The number of ether oxygens (including phenoxy) is 1. The third-order valence-electron chi connectivity index (χ3n) is 2.73. The summed E-state index contributed by atoms with van der Waals surface area (Å²) in [7, 11) is 0. The van der Waals surface area contributed by atoms with Gasteiger partial charge in [-0.05, 0) is 38.0 Å². The Morgan fingerprint density at radius 2 is 2.00 bits per heavy atom. The minimum Gasteiger partial charge on any atom is -0.494 e. The van der Waals surface area contributed by atoms with E-state index in [9.17, 15) is 9.59 Å². The van der Waals surface area contributed by atoms with Gasteiger partial charge in [-0.15, -0.1) is 0 Å². The van der Waals surface area contributed by atoms with Crippen LogP contribution in [0.1, 0.15) is 37.8 Å². The van der Waals surface area contributed by atoms with Crippen LogP contribution in [0.25, 0.3) is 0 Å². The quantitative estimate of drug-likeness (QED) is 0.821. The van der Waals surface area contributed by atoms with E-state index in [0.29, 0.717) is 19.6 Å². The lowest BCUT2D eigenvalue weighted by atomic mass is 10.1. The zero-order valence-electron chi connectivity index (χ0n) is 11.8. The maximum atomic E-state index is 11.5. The van der Waals surface area contributed by atoms with Gasteiger partial charge < -0.3 is 14.8 Å². The fourth-order valence-electron chi connectivity index (χ4n) is 1.72. The minimum absolute atomic E-state index is 0.0343. The van der Waals surface area contributed by atoms with Gasteiger partial charge in [0.2, 0.25) is 5.91 Å². The second-order valence-electron chi connectivity index (χ2n) is 4.51. The molecular formula is C15H21NO3. The van der Waals surface area contributed by atoms with E-state index in [1.54, 1.807) is 0 Å². The lowest BCUT2D eigenvalue weighted by molar-refractivity contribution is -0.124. The molecule has 0 heterocycles. The molecule has 104 valence electrons. The van der Waals surface area contributed by atoms with Crippen molar-refractivity contribution in [2.24, 2.45) is 0 Å². The van der Waals surface area contributed by atoms with Gasteiger partial charge in [-0.3, -0.25) is 4.79 Å². The highest BCUT2D eigenvalue weighted by Gasteiger charge is 2.05. The number of carbonyl (C=O) groups excluding carboxylic acids is 2. The smallest absolute Gasteiger partial charge is 0.220 e. The van der Waals surface area contributed by atoms with E-state index in [4.69, 9.17) is 4.74 Å². The molecular weight excluding hydrogens is 242 g/mol. The molecule has 1 aromatic rings. The minimum atomic E-state index is -0.0956. The van der Waals surface area contributed by atoms with Crippen molar-refractivity contribution < 1.29 is 14.3 Å². The van der Waals surface area contributed by atoms with E-state index >= 15 is 0 Å². The summed E-state index contributed by atoms with van der Waals surface area (Å²) in [6.07, 6.45) is 0.555. The van der Waals surface area contributed by atoms with Crippen molar-refractivity contribution in [2.45, 2.75) is 40.2 Å². The van der Waals surface area contributed by atoms with E-state index < -0.39 is 0 Å². The van der Waals surface area contributed by atoms with Crippen LogP contribution in [-0.2, 0) is 16.1 Å². The third kappa shape index (κ3) is 5.55. The third-order valence-corrected chi connectivity index (χ3v) is 2.73. The Balaban J connectivity index is 2.47. The summed E-state index contributed by atoms with van der Waals surface area (Å²) in [5.41, 5.74) is 2.08. The molecule has 1 rings (SSSR count). The second-order valence-corrected chi connectivity index (χ2v) is 4.51. The zero-order chi connectivity index (χ0) is 14.3. The standard InChI is InChI=1S/C15H21NO3/c1-4-19-14-7-6-13(9-11(14)2)10-16-15(18)8-5-12(3)17/h6-7,9H,4-5,8,10H2,1-3H3,(H,16,18). The Hall–Kier alpha value is -1.84. The molecule has 0 aliphatic rings. The highest BCUT2D eigenvalue weighted by Crippen LogP contribution is 2.18. The van der Waals surface area contributed by atoms with Crippen molar-refractivity contribution >= 4 is 11.7 Å². The van der Waals surface area contributed by atoms with Gasteiger partial charge in [0.05, 0.1) is 6.61 Å². The average Bonchev–Trinajstić information content (AvgIpc) is 2.37. The Bertz CT molecular complexity index is 455. The molecule has 0 fully saturated rings. The summed E-state index contributed by atoms with van der Waals surface area (Å²) in [5, 5.41) is 2.80. The summed E-state index contributed by atoms with van der Waals surface area (Å²) in [6.45, 7) is 6.53. The van der Waals surface area contributed by atoms with Crippen LogP contribution < -0.4 is 10.1 Å². The number of aryl methyl sites for hydroxylation is 1. The monoisotopic (exact) mass is 263 g/mol. The predicted octanol–water partition coefficient (Wildman–Crippen LogP) is 2.38. The van der Waals surface area contributed by atoms with Crippen LogP contribution in [0, 0.1) is 6.92 Å².